The van der Waals surface area contributed by atoms with Crippen molar-refractivity contribution in [3.8, 4) is 0 Å². The van der Waals surface area contributed by atoms with Gasteiger partial charge in [-0.15, -0.1) is 0 Å². The van der Waals surface area contributed by atoms with Crippen molar-refractivity contribution in [1.29, 1.82) is 0 Å². The second-order valence-corrected chi connectivity index (χ2v) is 14.0. The van der Waals surface area contributed by atoms with E-state index in [1.54, 1.807) is 27.9 Å². The van der Waals surface area contributed by atoms with Crippen molar-refractivity contribution < 1.29 is 26.4 Å². The molecule has 2 fully saturated rings. The molecule has 10 nitrogen and oxygen atoms in total. The molecule has 12 heteroatoms. The van der Waals surface area contributed by atoms with Gasteiger partial charge in [0.25, 0.3) is 0 Å². The number of sulfone groups is 2. The molecule has 0 bridgehead atoms. The Kier molecular flexibility index (Phi) is 8.46. The van der Waals surface area contributed by atoms with Crippen molar-refractivity contribution in [3.05, 3.63) is 0 Å². The van der Waals surface area contributed by atoms with Gasteiger partial charge in [-0.3, -0.25) is 0 Å². The maximum Gasteiger partial charge on any atom is 0.317 e. The molecule has 2 rings (SSSR count). The molecular weight excluding hydrogens is 456 g/mol. The molecule has 0 radical (unpaired) electrons. The highest BCUT2D eigenvalue weighted by atomic mass is 32.2. The van der Waals surface area contributed by atoms with Gasteiger partial charge < -0.3 is 20.4 Å². The topological polar surface area (TPSA) is 133 Å². The Hall–Kier alpha value is -1.56. The fraction of sp³-hybridized carbons (Fsp3) is 0.900. The van der Waals surface area contributed by atoms with Crippen molar-refractivity contribution in [2.75, 3.05) is 50.2 Å². The maximum atomic E-state index is 12.3. The van der Waals surface area contributed by atoms with Gasteiger partial charge in [0, 0.05) is 27.2 Å². The number of urea groups is 2. The zero-order valence-corrected chi connectivity index (χ0v) is 21.3. The highest BCUT2D eigenvalue weighted by Crippen LogP contribution is 2.29. The average molecular weight is 495 g/mol. The molecule has 0 aromatic heterocycles. The van der Waals surface area contributed by atoms with Crippen LogP contribution in [0.4, 0.5) is 9.59 Å². The SMILES string of the molecule is CN(C(=O)NCCCCCCNC(=O)N(C)C1(C)CCS(=O)(=O)C1)C1(C)CCS(=O)(=O)C1. The van der Waals surface area contributed by atoms with Gasteiger partial charge in [0.2, 0.25) is 0 Å². The standard InChI is InChI=1S/C20H38N4O6S2/c1-19(9-13-31(27,28)15-19)23(3)17(25)21-11-7-5-6-8-12-22-18(26)24(4)20(2)10-14-32(29,30)16-20/h5-16H2,1-4H3,(H,21,25)(H,22,26). The Labute approximate surface area is 192 Å². The molecule has 2 N–H and O–H groups in total. The van der Waals surface area contributed by atoms with E-state index in [4.69, 9.17) is 0 Å². The van der Waals surface area contributed by atoms with Crippen LogP contribution in [0, 0.1) is 0 Å². The van der Waals surface area contributed by atoms with E-state index in [1.165, 1.54) is 9.80 Å². The Morgan fingerprint density at radius 3 is 1.34 bits per heavy atom. The molecule has 4 amide bonds. The van der Waals surface area contributed by atoms with Gasteiger partial charge in [-0.05, 0) is 39.5 Å². The summed E-state index contributed by atoms with van der Waals surface area (Å²) in [4.78, 5) is 27.7. The molecule has 0 saturated carbocycles. The highest BCUT2D eigenvalue weighted by molar-refractivity contribution is 7.92. The van der Waals surface area contributed by atoms with Gasteiger partial charge in [0.05, 0.1) is 34.1 Å². The number of nitrogens with one attached hydrogen (secondary N) is 2. The van der Waals surface area contributed by atoms with Crippen LogP contribution in [0.3, 0.4) is 0 Å². The third-order valence-corrected chi connectivity index (χ3v) is 10.6. The minimum atomic E-state index is -3.08. The predicted molar refractivity (Wildman–Crippen MR) is 124 cm³/mol. The van der Waals surface area contributed by atoms with E-state index < -0.39 is 30.8 Å². The lowest BCUT2D eigenvalue weighted by Gasteiger charge is -2.34. The third kappa shape index (κ3) is 6.97. The summed E-state index contributed by atoms with van der Waals surface area (Å²) in [5, 5.41) is 5.69. The molecule has 0 aliphatic carbocycles. The van der Waals surface area contributed by atoms with Crippen LogP contribution in [0.2, 0.25) is 0 Å². The van der Waals surface area contributed by atoms with Crippen LogP contribution >= 0.6 is 0 Å². The first kappa shape index (κ1) is 26.7. The van der Waals surface area contributed by atoms with E-state index >= 15 is 0 Å². The van der Waals surface area contributed by atoms with Crippen LogP contribution in [-0.4, -0.2) is 100.0 Å². The lowest BCUT2D eigenvalue weighted by molar-refractivity contribution is 0.158. The van der Waals surface area contributed by atoms with Crippen molar-refractivity contribution in [2.45, 2.75) is 63.5 Å². The van der Waals surface area contributed by atoms with Gasteiger partial charge in [0.15, 0.2) is 19.7 Å². The number of carbonyl (C=O) groups is 2. The fourth-order valence-electron chi connectivity index (χ4n) is 4.24. The molecule has 2 atom stereocenters. The number of hydrogen-bond acceptors (Lipinski definition) is 6. The fourth-order valence-corrected chi connectivity index (χ4v) is 8.60. The van der Waals surface area contributed by atoms with E-state index in [1.807, 2.05) is 0 Å². The van der Waals surface area contributed by atoms with E-state index in [-0.39, 0.29) is 35.1 Å². The Morgan fingerprint density at radius 2 is 1.06 bits per heavy atom. The minimum absolute atomic E-state index is 0.000206. The van der Waals surface area contributed by atoms with Crippen molar-refractivity contribution in [3.63, 3.8) is 0 Å². The number of amides is 4. The van der Waals surface area contributed by atoms with Gasteiger partial charge in [0.1, 0.15) is 0 Å². The molecule has 2 unspecified atom stereocenters. The summed E-state index contributed by atoms with van der Waals surface area (Å²) in [5.41, 5.74) is -1.32. The molecule has 186 valence electrons. The number of carbonyl (C=O) groups excluding carboxylic acids is 2. The third-order valence-electron chi connectivity index (χ3n) is 6.85. The smallest absolute Gasteiger partial charge is 0.317 e. The number of hydrogen-bond donors (Lipinski definition) is 2. The molecule has 2 saturated heterocycles. The van der Waals surface area contributed by atoms with E-state index in [9.17, 15) is 26.4 Å². The molecule has 32 heavy (non-hydrogen) atoms. The normalized spacial score (nSPS) is 28.2. The zero-order chi connectivity index (χ0) is 24.2. The maximum absolute atomic E-state index is 12.3. The lowest BCUT2D eigenvalue weighted by atomic mass is 10.0. The Morgan fingerprint density at radius 1 is 0.719 bits per heavy atom. The number of unbranched alkanes of at least 4 members (excludes halogenated alkanes) is 3. The summed E-state index contributed by atoms with van der Waals surface area (Å²) >= 11 is 0. The van der Waals surface area contributed by atoms with Crippen LogP contribution in [0.25, 0.3) is 0 Å². The largest absolute Gasteiger partial charge is 0.338 e. The molecule has 2 heterocycles. The van der Waals surface area contributed by atoms with Crippen LogP contribution in [0.5, 0.6) is 0 Å². The van der Waals surface area contributed by atoms with Gasteiger partial charge in [-0.1, -0.05) is 12.8 Å². The van der Waals surface area contributed by atoms with E-state index in [2.05, 4.69) is 10.6 Å². The summed E-state index contributed by atoms with van der Waals surface area (Å²) < 4.78 is 46.9. The van der Waals surface area contributed by atoms with Crippen molar-refractivity contribution >= 4 is 31.7 Å². The van der Waals surface area contributed by atoms with E-state index in [0.29, 0.717) is 25.9 Å². The number of rotatable bonds is 9. The molecule has 0 aromatic carbocycles. The van der Waals surface area contributed by atoms with Crippen LogP contribution in [-0.2, 0) is 19.7 Å². The average Bonchev–Trinajstić information content (AvgIpc) is 3.16. The van der Waals surface area contributed by atoms with Gasteiger partial charge >= 0.3 is 12.1 Å². The summed E-state index contributed by atoms with van der Waals surface area (Å²) in [6.45, 7) is 4.62. The Bertz CT molecular complexity index is 833. The summed E-state index contributed by atoms with van der Waals surface area (Å²) in [6.07, 6.45) is 4.26. The summed E-state index contributed by atoms with van der Waals surface area (Å²) in [6, 6.07) is -0.523. The van der Waals surface area contributed by atoms with Crippen LogP contribution in [0.15, 0.2) is 0 Å². The predicted octanol–water partition coefficient (Wildman–Crippen LogP) is 0.984. The summed E-state index contributed by atoms with van der Waals surface area (Å²) in [7, 11) is -2.88. The molecule has 2 aliphatic heterocycles. The van der Waals surface area contributed by atoms with Crippen LogP contribution in [0.1, 0.15) is 52.4 Å². The molecule has 2 aliphatic rings. The first-order chi connectivity index (χ1) is 14.7. The zero-order valence-electron chi connectivity index (χ0n) is 19.6. The Balaban J connectivity index is 1.57. The van der Waals surface area contributed by atoms with E-state index in [0.717, 1.165) is 25.7 Å². The second-order valence-electron chi connectivity index (χ2n) is 9.67. The minimum Gasteiger partial charge on any atom is -0.338 e. The highest BCUT2D eigenvalue weighted by Gasteiger charge is 2.44. The first-order valence-electron chi connectivity index (χ1n) is 11.1. The molecule has 0 spiro atoms. The van der Waals surface area contributed by atoms with Crippen molar-refractivity contribution in [2.24, 2.45) is 0 Å². The molecular formula is C20H38N4O6S2. The quantitative estimate of drug-likeness (QED) is 0.459. The molecule has 0 aromatic rings. The lowest BCUT2D eigenvalue weighted by Crippen LogP contribution is -2.52. The first-order valence-corrected chi connectivity index (χ1v) is 14.8. The van der Waals surface area contributed by atoms with Crippen LogP contribution < -0.4 is 10.6 Å². The monoisotopic (exact) mass is 494 g/mol. The van der Waals surface area contributed by atoms with Gasteiger partial charge in [-0.2, -0.15) is 0 Å². The summed E-state index contributed by atoms with van der Waals surface area (Å²) in [5.74, 6) is 0.233. The second kappa shape index (κ2) is 10.1. The van der Waals surface area contributed by atoms with Crippen molar-refractivity contribution in [1.82, 2.24) is 20.4 Å². The van der Waals surface area contributed by atoms with Gasteiger partial charge in [-0.25, -0.2) is 26.4 Å². The number of nitrogens with zero attached hydrogens (tertiary/aromatic N) is 2.